The van der Waals surface area contributed by atoms with Crippen molar-refractivity contribution in [2.45, 2.75) is 0 Å². The first kappa shape index (κ1) is 12.1. The third-order valence-corrected chi connectivity index (χ3v) is 2.36. The van der Waals surface area contributed by atoms with Crippen molar-refractivity contribution >= 4 is 5.57 Å². The number of rotatable bonds is 1. The molecule has 2 aromatic rings. The predicted octanol–water partition coefficient (Wildman–Crippen LogP) is 4.03. The first-order valence-corrected chi connectivity index (χ1v) is 5.37. The van der Waals surface area contributed by atoms with Crippen LogP contribution >= 0.6 is 0 Å². The molecule has 0 bridgehead atoms. The fraction of sp³-hybridized carbons (Fsp3) is 0. The lowest BCUT2D eigenvalue weighted by atomic mass is 10.1. The van der Waals surface area contributed by atoms with E-state index in [2.05, 4.69) is 18.4 Å². The third kappa shape index (κ3) is 3.05. The molecular formula is C16H10F2. The summed E-state index contributed by atoms with van der Waals surface area (Å²) in [7, 11) is 0. The van der Waals surface area contributed by atoms with Crippen molar-refractivity contribution in [3.8, 4) is 11.8 Å². The van der Waals surface area contributed by atoms with E-state index in [9.17, 15) is 8.78 Å². The van der Waals surface area contributed by atoms with Crippen LogP contribution in [0.5, 0.6) is 0 Å². The molecular weight excluding hydrogens is 230 g/mol. The zero-order chi connectivity index (χ0) is 13.0. The predicted molar refractivity (Wildman–Crippen MR) is 68.7 cm³/mol. The smallest absolute Gasteiger partial charge is 0.124 e. The van der Waals surface area contributed by atoms with Gasteiger partial charge in [-0.15, -0.1) is 0 Å². The van der Waals surface area contributed by atoms with Crippen LogP contribution in [0.1, 0.15) is 11.1 Å². The van der Waals surface area contributed by atoms with E-state index in [1.165, 1.54) is 24.3 Å². The molecule has 0 radical (unpaired) electrons. The minimum absolute atomic E-state index is 0.332. The highest BCUT2D eigenvalue weighted by atomic mass is 19.1. The quantitative estimate of drug-likeness (QED) is 0.660. The van der Waals surface area contributed by atoms with E-state index >= 15 is 0 Å². The van der Waals surface area contributed by atoms with Crippen LogP contribution in [0, 0.1) is 23.5 Å². The van der Waals surface area contributed by atoms with Crippen LogP contribution < -0.4 is 0 Å². The van der Waals surface area contributed by atoms with Gasteiger partial charge >= 0.3 is 0 Å². The molecule has 0 spiro atoms. The summed E-state index contributed by atoms with van der Waals surface area (Å²) in [6.07, 6.45) is 0. The fourth-order valence-corrected chi connectivity index (χ4v) is 1.46. The highest BCUT2D eigenvalue weighted by Gasteiger charge is 1.97. The average Bonchev–Trinajstić information content (AvgIpc) is 2.36. The van der Waals surface area contributed by atoms with Crippen LogP contribution in [-0.2, 0) is 0 Å². The van der Waals surface area contributed by atoms with Gasteiger partial charge in [0.25, 0.3) is 0 Å². The first-order valence-electron chi connectivity index (χ1n) is 5.37. The van der Waals surface area contributed by atoms with Gasteiger partial charge in [0.1, 0.15) is 11.6 Å². The zero-order valence-corrected chi connectivity index (χ0v) is 9.58. The molecule has 0 aliphatic heterocycles. The summed E-state index contributed by atoms with van der Waals surface area (Å²) in [6.45, 7) is 3.77. The molecule has 0 nitrogen and oxygen atoms in total. The summed E-state index contributed by atoms with van der Waals surface area (Å²) in [5.74, 6) is 4.92. The SMILES string of the molecule is C=C(C#Cc1cccc(F)c1)c1cccc(F)c1. The van der Waals surface area contributed by atoms with Crippen molar-refractivity contribution in [2.24, 2.45) is 0 Å². The molecule has 2 heteroatoms. The topological polar surface area (TPSA) is 0 Å². The lowest BCUT2D eigenvalue weighted by molar-refractivity contribution is 0.627. The van der Waals surface area contributed by atoms with Gasteiger partial charge in [-0.1, -0.05) is 36.6 Å². The summed E-state index contributed by atoms with van der Waals surface area (Å²) in [4.78, 5) is 0. The molecule has 0 saturated heterocycles. The molecule has 0 atom stereocenters. The summed E-state index contributed by atoms with van der Waals surface area (Å²) in [5.41, 5.74) is 1.69. The van der Waals surface area contributed by atoms with E-state index in [1.54, 1.807) is 24.3 Å². The highest BCUT2D eigenvalue weighted by Crippen LogP contribution is 2.13. The van der Waals surface area contributed by atoms with Crippen LogP contribution in [0.3, 0.4) is 0 Å². The molecule has 18 heavy (non-hydrogen) atoms. The van der Waals surface area contributed by atoms with E-state index in [0.29, 0.717) is 16.7 Å². The second kappa shape index (κ2) is 5.29. The molecule has 2 aromatic carbocycles. The van der Waals surface area contributed by atoms with E-state index in [-0.39, 0.29) is 11.6 Å². The molecule has 0 amide bonds. The Morgan fingerprint density at radius 3 is 2.28 bits per heavy atom. The van der Waals surface area contributed by atoms with Gasteiger partial charge in [-0.3, -0.25) is 0 Å². The molecule has 0 aliphatic rings. The number of hydrogen-bond donors (Lipinski definition) is 0. The van der Waals surface area contributed by atoms with Gasteiger partial charge in [0, 0.05) is 11.1 Å². The molecule has 0 aliphatic carbocycles. The summed E-state index contributed by atoms with van der Waals surface area (Å²) in [6, 6.07) is 12.0. The normalized spacial score (nSPS) is 9.44. The van der Waals surface area contributed by atoms with Gasteiger partial charge in [0.15, 0.2) is 0 Å². The monoisotopic (exact) mass is 240 g/mol. The lowest BCUT2D eigenvalue weighted by Crippen LogP contribution is -1.82. The Balaban J connectivity index is 2.23. The third-order valence-electron chi connectivity index (χ3n) is 2.36. The average molecular weight is 240 g/mol. The highest BCUT2D eigenvalue weighted by molar-refractivity contribution is 5.77. The molecule has 2 rings (SSSR count). The largest absolute Gasteiger partial charge is 0.207 e. The van der Waals surface area contributed by atoms with Gasteiger partial charge < -0.3 is 0 Å². The number of halogens is 2. The maximum atomic E-state index is 13.0. The van der Waals surface area contributed by atoms with Crippen LogP contribution in [0.2, 0.25) is 0 Å². The van der Waals surface area contributed by atoms with Crippen molar-refractivity contribution in [1.29, 1.82) is 0 Å². The second-order valence-electron chi connectivity index (χ2n) is 3.75. The minimum atomic E-state index is -0.335. The lowest BCUT2D eigenvalue weighted by Gasteiger charge is -1.97. The Morgan fingerprint density at radius 2 is 1.61 bits per heavy atom. The summed E-state index contributed by atoms with van der Waals surface area (Å²) >= 11 is 0. The van der Waals surface area contributed by atoms with Crippen LogP contribution in [0.25, 0.3) is 5.57 Å². The molecule has 88 valence electrons. The Morgan fingerprint density at radius 1 is 0.944 bits per heavy atom. The summed E-state index contributed by atoms with van der Waals surface area (Å²) in [5, 5.41) is 0. The molecule has 0 fully saturated rings. The van der Waals surface area contributed by atoms with E-state index in [0.717, 1.165) is 0 Å². The van der Waals surface area contributed by atoms with Gasteiger partial charge in [-0.25, -0.2) is 8.78 Å². The van der Waals surface area contributed by atoms with E-state index in [4.69, 9.17) is 0 Å². The number of hydrogen-bond acceptors (Lipinski definition) is 0. The Kier molecular flexibility index (Phi) is 3.54. The molecule has 0 N–H and O–H groups in total. The standard InChI is InChI=1S/C16H10F2/c1-12(14-5-3-7-16(18)11-14)8-9-13-4-2-6-15(17)10-13/h2-7,10-11H,1H2. The van der Waals surface area contributed by atoms with Gasteiger partial charge in [0.2, 0.25) is 0 Å². The van der Waals surface area contributed by atoms with E-state index in [1.807, 2.05) is 0 Å². The maximum absolute atomic E-state index is 13.0. The van der Waals surface area contributed by atoms with Crippen LogP contribution in [0.15, 0.2) is 55.1 Å². The fourth-order valence-electron chi connectivity index (χ4n) is 1.46. The maximum Gasteiger partial charge on any atom is 0.124 e. The molecule has 0 heterocycles. The van der Waals surface area contributed by atoms with E-state index < -0.39 is 0 Å². The van der Waals surface area contributed by atoms with Crippen molar-refractivity contribution in [2.75, 3.05) is 0 Å². The van der Waals surface area contributed by atoms with Crippen molar-refractivity contribution in [1.82, 2.24) is 0 Å². The van der Waals surface area contributed by atoms with Crippen LogP contribution in [-0.4, -0.2) is 0 Å². The second-order valence-corrected chi connectivity index (χ2v) is 3.75. The van der Waals surface area contributed by atoms with Crippen molar-refractivity contribution in [3.05, 3.63) is 77.9 Å². The zero-order valence-electron chi connectivity index (χ0n) is 9.58. The Hall–Kier alpha value is -2.40. The Labute approximate surface area is 105 Å². The van der Waals surface area contributed by atoms with Gasteiger partial charge in [-0.05, 0) is 35.9 Å². The number of benzene rings is 2. The molecule has 0 unspecified atom stereocenters. The van der Waals surface area contributed by atoms with Gasteiger partial charge in [-0.2, -0.15) is 0 Å². The van der Waals surface area contributed by atoms with Crippen LogP contribution in [0.4, 0.5) is 8.78 Å². The van der Waals surface area contributed by atoms with Crippen molar-refractivity contribution in [3.63, 3.8) is 0 Å². The Bertz CT molecular complexity index is 645. The first-order chi connectivity index (χ1) is 8.65. The minimum Gasteiger partial charge on any atom is -0.207 e. The van der Waals surface area contributed by atoms with Gasteiger partial charge in [0.05, 0.1) is 0 Å². The molecule has 0 aromatic heterocycles. The number of allylic oxidation sites excluding steroid dienone is 1. The summed E-state index contributed by atoms with van der Waals surface area (Å²) < 4.78 is 25.9. The van der Waals surface area contributed by atoms with Crippen molar-refractivity contribution < 1.29 is 8.78 Å². The molecule has 0 saturated carbocycles.